The van der Waals surface area contributed by atoms with E-state index in [1.54, 1.807) is 0 Å². The molecule has 0 saturated carbocycles. The Balaban J connectivity index is 3.75. The predicted octanol–water partition coefficient (Wildman–Crippen LogP) is 2.27. The van der Waals surface area contributed by atoms with Crippen LogP contribution in [-0.4, -0.2) is 36.2 Å². The summed E-state index contributed by atoms with van der Waals surface area (Å²) in [5, 5.41) is 8.78. The summed E-state index contributed by atoms with van der Waals surface area (Å²) in [6.45, 7) is 5.95. The number of hydrogen-bond donors (Lipinski definition) is 1. The summed E-state index contributed by atoms with van der Waals surface area (Å²) in [5.74, 6) is 0. The molecule has 0 spiro atoms. The summed E-state index contributed by atoms with van der Waals surface area (Å²) in [4.78, 5) is 2.43. The lowest BCUT2D eigenvalue weighted by Gasteiger charge is -2.27. The maximum atomic E-state index is 8.78. The second kappa shape index (κ2) is 8.52. The van der Waals surface area contributed by atoms with Crippen LogP contribution in [0.15, 0.2) is 0 Å². The van der Waals surface area contributed by atoms with Crippen LogP contribution in [0.5, 0.6) is 0 Å². The van der Waals surface area contributed by atoms with Crippen molar-refractivity contribution in [2.75, 3.05) is 20.2 Å². The van der Waals surface area contributed by atoms with Crippen LogP contribution in [0.4, 0.5) is 0 Å². The number of nitrogens with zero attached hydrogens (tertiary/aromatic N) is 1. The van der Waals surface area contributed by atoms with Crippen molar-refractivity contribution in [2.45, 2.75) is 52.0 Å². The molecule has 0 radical (unpaired) electrons. The molecule has 1 atom stereocenters. The van der Waals surface area contributed by atoms with E-state index in [1.165, 1.54) is 25.8 Å². The lowest BCUT2D eigenvalue weighted by molar-refractivity contribution is 0.196. The van der Waals surface area contributed by atoms with Crippen molar-refractivity contribution in [3.05, 3.63) is 0 Å². The molecule has 0 bridgehead atoms. The first-order valence-electron chi connectivity index (χ1n) is 5.57. The number of aliphatic hydroxyl groups is 1. The summed E-state index contributed by atoms with van der Waals surface area (Å²) in [6, 6.07) is 0.678. The quantitative estimate of drug-likeness (QED) is 0.630. The van der Waals surface area contributed by atoms with Crippen molar-refractivity contribution in [2.24, 2.45) is 0 Å². The van der Waals surface area contributed by atoms with Crippen LogP contribution in [0.2, 0.25) is 0 Å². The van der Waals surface area contributed by atoms with Crippen molar-refractivity contribution < 1.29 is 5.11 Å². The molecule has 0 aromatic heterocycles. The Morgan fingerprint density at radius 1 is 1.15 bits per heavy atom. The van der Waals surface area contributed by atoms with Gasteiger partial charge in [-0.1, -0.05) is 20.3 Å². The Bertz CT molecular complexity index is 106. The molecule has 0 heterocycles. The Morgan fingerprint density at radius 3 is 2.31 bits per heavy atom. The van der Waals surface area contributed by atoms with E-state index in [-0.39, 0.29) is 0 Å². The Labute approximate surface area is 82.9 Å². The minimum absolute atomic E-state index is 0.334. The van der Waals surface area contributed by atoms with Gasteiger partial charge < -0.3 is 10.0 Å². The molecule has 1 N–H and O–H groups in total. The lowest BCUT2D eigenvalue weighted by atomic mass is 10.1. The Kier molecular flexibility index (Phi) is 8.46. The van der Waals surface area contributed by atoms with Gasteiger partial charge in [-0.2, -0.15) is 0 Å². The van der Waals surface area contributed by atoms with Gasteiger partial charge in [-0.25, -0.2) is 0 Å². The van der Waals surface area contributed by atoms with Crippen molar-refractivity contribution in [3.63, 3.8) is 0 Å². The number of hydrogen-bond acceptors (Lipinski definition) is 2. The highest BCUT2D eigenvalue weighted by Crippen LogP contribution is 2.11. The smallest absolute Gasteiger partial charge is 0.0431 e. The zero-order chi connectivity index (χ0) is 10.1. The van der Waals surface area contributed by atoms with Crippen LogP contribution in [0.25, 0.3) is 0 Å². The standard InChI is InChI=1S/C11H25NO/c1-4-7-11(8-6-10-13)12(3)9-5-2/h11,13H,4-10H2,1-3H3/t11-/m1/s1. The monoisotopic (exact) mass is 187 g/mol. The van der Waals surface area contributed by atoms with E-state index in [4.69, 9.17) is 5.11 Å². The van der Waals surface area contributed by atoms with E-state index < -0.39 is 0 Å². The Hall–Kier alpha value is -0.0800. The van der Waals surface area contributed by atoms with Gasteiger partial charge in [0, 0.05) is 12.6 Å². The second-order valence-electron chi connectivity index (χ2n) is 3.79. The molecule has 0 fully saturated rings. The lowest BCUT2D eigenvalue weighted by Crippen LogP contribution is -2.32. The van der Waals surface area contributed by atoms with E-state index in [1.807, 2.05) is 0 Å². The maximum absolute atomic E-state index is 8.78. The van der Waals surface area contributed by atoms with Gasteiger partial charge in [0.2, 0.25) is 0 Å². The van der Waals surface area contributed by atoms with Gasteiger partial charge in [0.05, 0.1) is 0 Å². The molecule has 2 nitrogen and oxygen atoms in total. The average Bonchev–Trinajstić information content (AvgIpc) is 2.12. The molecule has 0 aromatic rings. The molecule has 0 aliphatic carbocycles. The van der Waals surface area contributed by atoms with Crippen LogP contribution < -0.4 is 0 Å². The van der Waals surface area contributed by atoms with E-state index in [2.05, 4.69) is 25.8 Å². The number of rotatable bonds is 8. The van der Waals surface area contributed by atoms with Gasteiger partial charge in [-0.15, -0.1) is 0 Å². The highest BCUT2D eigenvalue weighted by Gasteiger charge is 2.11. The predicted molar refractivity (Wildman–Crippen MR) is 57.9 cm³/mol. The topological polar surface area (TPSA) is 23.5 Å². The van der Waals surface area contributed by atoms with E-state index in [0.29, 0.717) is 12.6 Å². The first kappa shape index (κ1) is 12.9. The van der Waals surface area contributed by atoms with Crippen LogP contribution in [-0.2, 0) is 0 Å². The zero-order valence-electron chi connectivity index (χ0n) is 9.42. The van der Waals surface area contributed by atoms with Crippen LogP contribution in [0, 0.1) is 0 Å². The van der Waals surface area contributed by atoms with Gasteiger partial charge in [0.1, 0.15) is 0 Å². The second-order valence-corrected chi connectivity index (χ2v) is 3.79. The first-order chi connectivity index (χ1) is 6.26. The zero-order valence-corrected chi connectivity index (χ0v) is 9.42. The normalized spacial score (nSPS) is 13.6. The molecule has 2 heteroatoms. The van der Waals surface area contributed by atoms with Crippen LogP contribution >= 0.6 is 0 Å². The molecule has 0 aliphatic heterocycles. The highest BCUT2D eigenvalue weighted by atomic mass is 16.2. The summed E-state index contributed by atoms with van der Waals surface area (Å²) in [5.41, 5.74) is 0. The fourth-order valence-corrected chi connectivity index (χ4v) is 1.78. The molecule has 0 amide bonds. The molecule has 0 saturated heterocycles. The van der Waals surface area contributed by atoms with Gasteiger partial charge in [-0.05, 0) is 39.3 Å². The van der Waals surface area contributed by atoms with Gasteiger partial charge in [0.15, 0.2) is 0 Å². The average molecular weight is 187 g/mol. The fourth-order valence-electron chi connectivity index (χ4n) is 1.78. The minimum atomic E-state index is 0.334. The van der Waals surface area contributed by atoms with Crippen LogP contribution in [0.1, 0.15) is 46.0 Å². The van der Waals surface area contributed by atoms with Gasteiger partial charge in [-0.3, -0.25) is 0 Å². The third kappa shape index (κ3) is 6.05. The third-order valence-electron chi connectivity index (χ3n) is 2.52. The third-order valence-corrected chi connectivity index (χ3v) is 2.52. The molecular formula is C11H25NO. The van der Waals surface area contributed by atoms with E-state index >= 15 is 0 Å². The largest absolute Gasteiger partial charge is 0.396 e. The molecule has 0 rings (SSSR count). The van der Waals surface area contributed by atoms with Gasteiger partial charge in [0.25, 0.3) is 0 Å². The molecular weight excluding hydrogens is 162 g/mol. The minimum Gasteiger partial charge on any atom is -0.396 e. The molecule has 13 heavy (non-hydrogen) atoms. The van der Waals surface area contributed by atoms with Gasteiger partial charge >= 0.3 is 0 Å². The highest BCUT2D eigenvalue weighted by molar-refractivity contribution is 4.67. The van der Waals surface area contributed by atoms with Crippen molar-refractivity contribution in [1.29, 1.82) is 0 Å². The summed E-state index contributed by atoms with van der Waals surface area (Å²) >= 11 is 0. The summed E-state index contributed by atoms with van der Waals surface area (Å²) in [7, 11) is 2.20. The number of aliphatic hydroxyl groups excluding tert-OH is 1. The first-order valence-corrected chi connectivity index (χ1v) is 5.57. The van der Waals surface area contributed by atoms with Crippen molar-refractivity contribution in [1.82, 2.24) is 4.90 Å². The fraction of sp³-hybridized carbons (Fsp3) is 1.00. The molecule has 0 aliphatic rings. The van der Waals surface area contributed by atoms with Crippen LogP contribution in [0.3, 0.4) is 0 Å². The SMILES string of the molecule is CCC[C@H](CCCO)N(C)CCC. The van der Waals surface area contributed by atoms with E-state index in [0.717, 1.165) is 12.8 Å². The molecule has 80 valence electrons. The molecule has 0 aromatic carbocycles. The summed E-state index contributed by atoms with van der Waals surface area (Å²) < 4.78 is 0. The van der Waals surface area contributed by atoms with Crippen molar-refractivity contribution >= 4 is 0 Å². The summed E-state index contributed by atoms with van der Waals surface area (Å²) in [6.07, 6.45) is 5.80. The van der Waals surface area contributed by atoms with E-state index in [9.17, 15) is 0 Å². The van der Waals surface area contributed by atoms with Crippen molar-refractivity contribution in [3.8, 4) is 0 Å². The maximum Gasteiger partial charge on any atom is 0.0431 e. The molecule has 0 unspecified atom stereocenters. The Morgan fingerprint density at radius 2 is 1.85 bits per heavy atom.